The summed E-state index contributed by atoms with van der Waals surface area (Å²) in [7, 11) is 0. The standard InChI is InChI=1S/C18H26N2O2/c1-3-4-7-14(2)19-16-9-5-8-15(12-16)18(22)20-11-6-10-17(21)13-20/h3,5,8-9,12,14,17,19,21H,1,4,6-7,10-11,13H2,2H3/t14-,17+/m0/s1. The molecule has 0 radical (unpaired) electrons. The number of nitrogens with one attached hydrogen (secondary N) is 1. The van der Waals surface area contributed by atoms with Crippen molar-refractivity contribution in [3.05, 3.63) is 42.5 Å². The molecule has 1 aliphatic heterocycles. The molecule has 1 aromatic rings. The van der Waals surface area contributed by atoms with Crippen molar-refractivity contribution >= 4 is 11.6 Å². The molecule has 1 fully saturated rings. The summed E-state index contributed by atoms with van der Waals surface area (Å²) in [5, 5.41) is 13.1. The van der Waals surface area contributed by atoms with E-state index in [1.165, 1.54) is 0 Å². The van der Waals surface area contributed by atoms with Crippen LogP contribution in [-0.4, -0.2) is 41.1 Å². The van der Waals surface area contributed by atoms with E-state index in [0.29, 0.717) is 18.2 Å². The third-order valence-corrected chi connectivity index (χ3v) is 4.01. The molecule has 2 rings (SSSR count). The molecule has 1 heterocycles. The van der Waals surface area contributed by atoms with Crippen molar-refractivity contribution < 1.29 is 9.90 Å². The lowest BCUT2D eigenvalue weighted by Crippen LogP contribution is -2.42. The van der Waals surface area contributed by atoms with Gasteiger partial charge in [0, 0.05) is 30.4 Å². The highest BCUT2D eigenvalue weighted by atomic mass is 16.3. The summed E-state index contributed by atoms with van der Waals surface area (Å²) in [5.41, 5.74) is 1.63. The number of hydrogen-bond acceptors (Lipinski definition) is 3. The van der Waals surface area contributed by atoms with E-state index < -0.39 is 6.10 Å². The van der Waals surface area contributed by atoms with Crippen LogP contribution < -0.4 is 5.32 Å². The lowest BCUT2D eigenvalue weighted by Gasteiger charge is -2.30. The lowest BCUT2D eigenvalue weighted by molar-refractivity contribution is 0.0474. The average Bonchev–Trinajstić information content (AvgIpc) is 2.52. The zero-order valence-corrected chi connectivity index (χ0v) is 13.3. The predicted molar refractivity (Wildman–Crippen MR) is 90.1 cm³/mol. The second-order valence-electron chi connectivity index (χ2n) is 6.04. The number of aliphatic hydroxyl groups excluding tert-OH is 1. The summed E-state index contributed by atoms with van der Waals surface area (Å²) in [4.78, 5) is 14.3. The molecule has 4 nitrogen and oxygen atoms in total. The number of piperidine rings is 1. The summed E-state index contributed by atoms with van der Waals surface area (Å²) < 4.78 is 0. The van der Waals surface area contributed by atoms with Gasteiger partial charge in [-0.25, -0.2) is 0 Å². The number of carbonyl (C=O) groups is 1. The van der Waals surface area contributed by atoms with E-state index in [-0.39, 0.29) is 5.91 Å². The van der Waals surface area contributed by atoms with Crippen LogP contribution in [0.3, 0.4) is 0 Å². The van der Waals surface area contributed by atoms with Crippen LogP contribution in [0.4, 0.5) is 5.69 Å². The van der Waals surface area contributed by atoms with Crippen LogP contribution in [0, 0.1) is 0 Å². The summed E-state index contributed by atoms with van der Waals surface area (Å²) in [6.45, 7) is 7.02. The Labute approximate surface area is 132 Å². The van der Waals surface area contributed by atoms with Gasteiger partial charge in [-0.05, 0) is 50.8 Å². The normalized spacial score (nSPS) is 19.5. The Morgan fingerprint density at radius 3 is 3.14 bits per heavy atom. The number of allylic oxidation sites excluding steroid dienone is 1. The Kier molecular flexibility index (Phi) is 6.01. The minimum Gasteiger partial charge on any atom is -0.391 e. The lowest BCUT2D eigenvalue weighted by atomic mass is 10.1. The van der Waals surface area contributed by atoms with Gasteiger partial charge in [-0.2, -0.15) is 0 Å². The van der Waals surface area contributed by atoms with Crippen molar-refractivity contribution in [2.75, 3.05) is 18.4 Å². The first-order chi connectivity index (χ1) is 10.6. The zero-order valence-electron chi connectivity index (χ0n) is 13.3. The van der Waals surface area contributed by atoms with Gasteiger partial charge in [0.05, 0.1) is 6.10 Å². The monoisotopic (exact) mass is 302 g/mol. The second kappa shape index (κ2) is 7.99. The quantitative estimate of drug-likeness (QED) is 0.794. The topological polar surface area (TPSA) is 52.6 Å². The van der Waals surface area contributed by atoms with Gasteiger partial charge >= 0.3 is 0 Å². The molecule has 22 heavy (non-hydrogen) atoms. The third-order valence-electron chi connectivity index (χ3n) is 4.01. The minimum absolute atomic E-state index is 0.00106. The van der Waals surface area contributed by atoms with Gasteiger partial charge in [0.25, 0.3) is 5.91 Å². The van der Waals surface area contributed by atoms with Crippen LogP contribution in [0.25, 0.3) is 0 Å². The molecular weight excluding hydrogens is 276 g/mol. The number of benzene rings is 1. The van der Waals surface area contributed by atoms with Crippen molar-refractivity contribution in [1.82, 2.24) is 4.90 Å². The van der Waals surface area contributed by atoms with Gasteiger partial charge in [0.1, 0.15) is 0 Å². The second-order valence-corrected chi connectivity index (χ2v) is 6.04. The van der Waals surface area contributed by atoms with Gasteiger partial charge in [-0.3, -0.25) is 4.79 Å². The van der Waals surface area contributed by atoms with Crippen molar-refractivity contribution in [2.45, 2.75) is 44.8 Å². The van der Waals surface area contributed by atoms with Gasteiger partial charge < -0.3 is 15.3 Å². The number of nitrogens with zero attached hydrogens (tertiary/aromatic N) is 1. The maximum absolute atomic E-state index is 12.5. The molecule has 0 aliphatic carbocycles. The van der Waals surface area contributed by atoms with Gasteiger partial charge in [-0.1, -0.05) is 12.1 Å². The average molecular weight is 302 g/mol. The van der Waals surface area contributed by atoms with Crippen LogP contribution >= 0.6 is 0 Å². The van der Waals surface area contributed by atoms with E-state index in [1.54, 1.807) is 4.90 Å². The van der Waals surface area contributed by atoms with E-state index in [0.717, 1.165) is 37.9 Å². The van der Waals surface area contributed by atoms with Gasteiger partial charge in [0.15, 0.2) is 0 Å². The first-order valence-corrected chi connectivity index (χ1v) is 8.05. The first-order valence-electron chi connectivity index (χ1n) is 8.05. The molecule has 0 unspecified atom stereocenters. The van der Waals surface area contributed by atoms with Crippen molar-refractivity contribution in [1.29, 1.82) is 0 Å². The highest BCUT2D eigenvalue weighted by Crippen LogP contribution is 2.18. The van der Waals surface area contributed by atoms with E-state index in [9.17, 15) is 9.90 Å². The fourth-order valence-electron chi connectivity index (χ4n) is 2.79. The SMILES string of the molecule is C=CCC[C@H](C)Nc1cccc(C(=O)N2CCC[C@@H](O)C2)c1. The van der Waals surface area contributed by atoms with E-state index >= 15 is 0 Å². The Morgan fingerprint density at radius 2 is 2.41 bits per heavy atom. The number of β-amino-alcohol motifs (C(OH)–C–C–N with tert-alkyl or cyclic N) is 1. The number of likely N-dealkylation sites (tertiary alicyclic amines) is 1. The van der Waals surface area contributed by atoms with Crippen LogP contribution in [0.5, 0.6) is 0 Å². The van der Waals surface area contributed by atoms with Crippen LogP contribution in [0.15, 0.2) is 36.9 Å². The zero-order chi connectivity index (χ0) is 15.9. The van der Waals surface area contributed by atoms with Crippen molar-refractivity contribution in [3.63, 3.8) is 0 Å². The van der Waals surface area contributed by atoms with E-state index in [2.05, 4.69) is 18.8 Å². The smallest absolute Gasteiger partial charge is 0.254 e. The summed E-state index contributed by atoms with van der Waals surface area (Å²) in [6, 6.07) is 7.94. The molecule has 1 aliphatic rings. The first kappa shape index (κ1) is 16.6. The van der Waals surface area contributed by atoms with E-state index in [1.807, 2.05) is 30.3 Å². The van der Waals surface area contributed by atoms with Gasteiger partial charge in [-0.15, -0.1) is 6.58 Å². The number of aliphatic hydroxyl groups is 1. The molecule has 0 spiro atoms. The summed E-state index contributed by atoms with van der Waals surface area (Å²) in [5.74, 6) is 0.00106. The Bertz CT molecular complexity index is 516. The molecule has 0 bridgehead atoms. The highest BCUT2D eigenvalue weighted by Gasteiger charge is 2.23. The maximum Gasteiger partial charge on any atom is 0.254 e. The Balaban J connectivity index is 2.01. The number of amides is 1. The number of anilines is 1. The number of carbonyl (C=O) groups excluding carboxylic acids is 1. The molecule has 4 heteroatoms. The molecule has 1 saturated heterocycles. The molecule has 2 atom stereocenters. The summed E-state index contributed by atoms with van der Waals surface area (Å²) in [6.07, 6.45) is 5.16. The molecule has 1 amide bonds. The highest BCUT2D eigenvalue weighted by molar-refractivity contribution is 5.95. The third kappa shape index (κ3) is 4.60. The van der Waals surface area contributed by atoms with Crippen LogP contribution in [0.1, 0.15) is 43.0 Å². The fraction of sp³-hybridized carbons (Fsp3) is 0.500. The molecule has 0 aromatic heterocycles. The molecule has 2 N–H and O–H groups in total. The molecule has 0 saturated carbocycles. The molecule has 1 aromatic carbocycles. The molecule has 120 valence electrons. The van der Waals surface area contributed by atoms with Crippen LogP contribution in [0.2, 0.25) is 0 Å². The maximum atomic E-state index is 12.5. The summed E-state index contributed by atoms with van der Waals surface area (Å²) >= 11 is 0. The Hall–Kier alpha value is -1.81. The van der Waals surface area contributed by atoms with E-state index in [4.69, 9.17) is 0 Å². The fourth-order valence-corrected chi connectivity index (χ4v) is 2.79. The molecular formula is C18H26N2O2. The van der Waals surface area contributed by atoms with Crippen LogP contribution in [-0.2, 0) is 0 Å². The van der Waals surface area contributed by atoms with Crippen molar-refractivity contribution in [3.8, 4) is 0 Å². The number of rotatable bonds is 6. The van der Waals surface area contributed by atoms with Gasteiger partial charge in [0.2, 0.25) is 0 Å². The van der Waals surface area contributed by atoms with Crippen molar-refractivity contribution in [2.24, 2.45) is 0 Å². The minimum atomic E-state index is -0.391. The predicted octanol–water partition coefficient (Wildman–Crippen LogP) is 3.05. The Morgan fingerprint density at radius 1 is 1.59 bits per heavy atom. The number of hydrogen-bond donors (Lipinski definition) is 2. The largest absolute Gasteiger partial charge is 0.391 e.